The van der Waals surface area contributed by atoms with Crippen molar-refractivity contribution in [2.24, 2.45) is 0 Å². The maximum Gasteiger partial charge on any atom is 4.00 e. The molecule has 0 saturated heterocycles. The van der Waals surface area contributed by atoms with Gasteiger partial charge in [-0.2, -0.15) is 39.3 Å². The van der Waals surface area contributed by atoms with Crippen molar-refractivity contribution < 1.29 is 52.5 Å². The van der Waals surface area contributed by atoms with Crippen LogP contribution in [0.4, 0.5) is 26.3 Å². The number of hydrogen-bond acceptors (Lipinski definition) is 0. The quantitative estimate of drug-likeness (QED) is 0.207. The van der Waals surface area contributed by atoms with Crippen molar-refractivity contribution in [3.05, 3.63) is 40.2 Å². The van der Waals surface area contributed by atoms with Gasteiger partial charge in [-0.05, 0) is 0 Å². The Morgan fingerprint density at radius 3 is 0.967 bits per heavy atom. The van der Waals surface area contributed by atoms with Gasteiger partial charge in [-0.3, -0.25) is 0 Å². The molecule has 0 aliphatic heterocycles. The molecule has 0 saturated carbocycles. The largest absolute Gasteiger partial charge is 4.00 e. The van der Waals surface area contributed by atoms with E-state index in [0.717, 1.165) is 51.4 Å². The predicted molar refractivity (Wildman–Crippen MR) is 114 cm³/mol. The third-order valence-electron chi connectivity index (χ3n) is 3.02. The van der Waals surface area contributed by atoms with E-state index in [0.29, 0.717) is 0 Å². The molecule has 3 nitrogen and oxygen atoms in total. The van der Waals surface area contributed by atoms with Crippen LogP contribution in [-0.2, 0) is 26.2 Å². The molecule has 1 aromatic rings. The van der Waals surface area contributed by atoms with E-state index in [4.69, 9.17) is 0 Å². The molecular weight excluding hydrogens is 548 g/mol. The van der Waals surface area contributed by atoms with Gasteiger partial charge in [0.05, 0.1) is 0 Å². The summed E-state index contributed by atoms with van der Waals surface area (Å²) in [5.41, 5.74) is 0. The van der Waals surface area contributed by atoms with Crippen LogP contribution in [0.15, 0.2) is 24.3 Å². The molecule has 0 heterocycles. The van der Waals surface area contributed by atoms with E-state index in [1.807, 2.05) is 41.5 Å². The van der Waals surface area contributed by atoms with Gasteiger partial charge >= 0.3 is 106 Å². The Morgan fingerprint density at radius 2 is 0.833 bits per heavy atom. The van der Waals surface area contributed by atoms with Crippen molar-refractivity contribution >= 4 is 18.7 Å². The van der Waals surface area contributed by atoms with Crippen LogP contribution in [0.5, 0.6) is 0 Å². The predicted octanol–water partition coefficient (Wildman–Crippen LogP) is 6.24. The molecule has 30 heavy (non-hydrogen) atoms. The fourth-order valence-electron chi connectivity index (χ4n) is 1.82. The summed E-state index contributed by atoms with van der Waals surface area (Å²) in [6.07, 6.45) is 0. The molecule has 0 aromatic heterocycles. The third kappa shape index (κ3) is 24.5. The summed E-state index contributed by atoms with van der Waals surface area (Å²) in [7, 11) is 0. The zero-order valence-electron chi connectivity index (χ0n) is 18.7. The Balaban J connectivity index is -0.000000176. The zero-order chi connectivity index (χ0) is 23.3. The molecule has 0 atom stereocenters. The number of nitrogens with zero attached hydrogens (tertiary/aromatic N) is 3. The Labute approximate surface area is 201 Å². The standard InChI is InChI=1S/C7H5F6Ge.3C4H10N.Zr/c8-6(9,10)14(7(11,12)13)5-3-1-2-4-5;3*1-3-5-4-2;/h1-4,14H;3*3-4H2,1-2H3;/q4*-1;+4. The first-order valence-corrected chi connectivity index (χ1v) is 13.4. The monoisotopic (exact) mass is 583 g/mol. The van der Waals surface area contributed by atoms with E-state index < -0.39 is 28.8 Å². The molecule has 1 rings (SSSR count). The van der Waals surface area contributed by atoms with Crippen LogP contribution in [0, 0.1) is 0 Å². The van der Waals surface area contributed by atoms with E-state index >= 15 is 0 Å². The Morgan fingerprint density at radius 1 is 0.600 bits per heavy atom. The minimum absolute atomic E-state index is 0. The topological polar surface area (TPSA) is 42.3 Å². The normalized spacial score (nSPS) is 10.6. The van der Waals surface area contributed by atoms with Crippen molar-refractivity contribution in [1.29, 1.82) is 0 Å². The number of alkyl halides is 6. The Bertz CT molecular complexity index is 395. The van der Waals surface area contributed by atoms with Crippen LogP contribution < -0.4 is 4.40 Å². The van der Waals surface area contributed by atoms with Crippen molar-refractivity contribution in [2.75, 3.05) is 39.3 Å². The molecule has 11 heteroatoms. The Kier molecular flexibility index (Phi) is 29.9. The van der Waals surface area contributed by atoms with Crippen molar-refractivity contribution in [1.82, 2.24) is 0 Å². The summed E-state index contributed by atoms with van der Waals surface area (Å²) in [6, 6.07) is 4.16. The molecule has 0 aliphatic carbocycles. The molecule has 0 unspecified atom stereocenters. The zero-order valence-corrected chi connectivity index (χ0v) is 23.6. The van der Waals surface area contributed by atoms with Crippen LogP contribution in [0.1, 0.15) is 41.5 Å². The summed E-state index contributed by atoms with van der Waals surface area (Å²) >= 11 is -5.46. The van der Waals surface area contributed by atoms with Gasteiger partial charge in [-0.15, -0.1) is 0 Å². The molecule has 0 bridgehead atoms. The van der Waals surface area contributed by atoms with Crippen molar-refractivity contribution in [2.45, 2.75) is 51.6 Å². The summed E-state index contributed by atoms with van der Waals surface area (Å²) in [5.74, 6) is 0. The van der Waals surface area contributed by atoms with Gasteiger partial charge in [-0.1, -0.05) is 41.5 Å². The number of hydrogen-bond donors (Lipinski definition) is 0. The maximum atomic E-state index is 12.1. The van der Waals surface area contributed by atoms with Gasteiger partial charge in [0, 0.05) is 0 Å². The fraction of sp³-hybridized carbons (Fsp3) is 0.737. The van der Waals surface area contributed by atoms with Crippen LogP contribution >= 0.6 is 0 Å². The Hall–Kier alpha value is 0.236. The second-order valence-electron chi connectivity index (χ2n) is 5.30. The van der Waals surface area contributed by atoms with E-state index in [-0.39, 0.29) is 26.2 Å². The van der Waals surface area contributed by atoms with E-state index in [1.165, 1.54) is 12.1 Å². The summed E-state index contributed by atoms with van der Waals surface area (Å²) in [5, 5.41) is 1.69. The molecule has 1 aromatic carbocycles. The SMILES string of the molecule is CC[N-]CC.CC[N-]CC.CC[N-]CC.F[C](F)(F)[GeH]([c-]1cccc1)[C](F)(F)F.[Zr+4]. The van der Waals surface area contributed by atoms with Crippen molar-refractivity contribution in [3.8, 4) is 0 Å². The van der Waals surface area contributed by atoms with Gasteiger partial charge < -0.3 is 16.0 Å². The van der Waals surface area contributed by atoms with E-state index in [9.17, 15) is 26.3 Å². The first-order valence-electron chi connectivity index (χ1n) is 9.72. The van der Waals surface area contributed by atoms with Crippen LogP contribution in [-0.4, -0.2) is 63.6 Å². The molecule has 0 aliphatic rings. The minimum Gasteiger partial charge on any atom is 4.00 e. The molecule has 0 amide bonds. The number of rotatable bonds is 7. The summed E-state index contributed by atoms with van der Waals surface area (Å²) in [6.45, 7) is 18.1. The first-order chi connectivity index (χ1) is 13.5. The molecule has 176 valence electrons. The second kappa shape index (κ2) is 23.9. The van der Waals surface area contributed by atoms with Crippen LogP contribution in [0.2, 0.25) is 0 Å². The van der Waals surface area contributed by atoms with Gasteiger partial charge in [-0.25, -0.2) is 0 Å². The fourth-order valence-corrected chi connectivity index (χ4v) is 5.45. The second-order valence-corrected chi connectivity index (χ2v) is 11.3. The minimum atomic E-state index is -5.46. The summed E-state index contributed by atoms with van der Waals surface area (Å²) in [4.78, 5) is 0. The van der Waals surface area contributed by atoms with Gasteiger partial charge in [0.15, 0.2) is 0 Å². The van der Waals surface area contributed by atoms with Gasteiger partial charge in [0.1, 0.15) is 0 Å². The summed E-state index contributed by atoms with van der Waals surface area (Å²) < 4.78 is 72.3. The van der Waals surface area contributed by atoms with Crippen molar-refractivity contribution in [3.63, 3.8) is 0 Å². The molecule has 0 radical (unpaired) electrons. The average molecular weight is 583 g/mol. The average Bonchev–Trinajstić information content (AvgIpc) is 3.10. The van der Waals surface area contributed by atoms with Crippen LogP contribution in [0.3, 0.4) is 0 Å². The maximum absolute atomic E-state index is 12.1. The molecular formula is C19H35F6GeN3Zr. The smallest absolute Gasteiger partial charge is 4.00 e. The number of halogens is 6. The third-order valence-corrected chi connectivity index (χ3v) is 7.97. The van der Waals surface area contributed by atoms with Crippen LogP contribution in [0.25, 0.3) is 16.0 Å². The molecule has 0 spiro atoms. The molecule has 0 fully saturated rings. The van der Waals surface area contributed by atoms with Gasteiger partial charge in [0.2, 0.25) is 0 Å². The van der Waals surface area contributed by atoms with E-state index in [2.05, 4.69) is 16.0 Å². The van der Waals surface area contributed by atoms with E-state index in [1.54, 1.807) is 0 Å². The molecule has 0 N–H and O–H groups in total. The van der Waals surface area contributed by atoms with Gasteiger partial charge in [0.25, 0.3) is 0 Å². The first kappa shape index (κ1) is 37.5.